The number of rotatable bonds is 12. The summed E-state index contributed by atoms with van der Waals surface area (Å²) in [6.07, 6.45) is 13.1. The van der Waals surface area contributed by atoms with E-state index in [0.29, 0.717) is 15.7 Å². The molecule has 0 bridgehead atoms. The summed E-state index contributed by atoms with van der Waals surface area (Å²) < 4.78 is 0. The summed E-state index contributed by atoms with van der Waals surface area (Å²) in [5.41, 5.74) is 5.77. The van der Waals surface area contributed by atoms with Gasteiger partial charge in [-0.15, -0.1) is 0 Å². The van der Waals surface area contributed by atoms with Crippen molar-refractivity contribution in [1.29, 1.82) is 0 Å². The summed E-state index contributed by atoms with van der Waals surface area (Å²) in [5.74, 6) is -0.268. The first-order valence-electron chi connectivity index (χ1n) is 9.73. The lowest BCUT2D eigenvalue weighted by Crippen LogP contribution is -2.46. The predicted octanol–water partition coefficient (Wildman–Crippen LogP) is 5.37. The van der Waals surface area contributed by atoms with Gasteiger partial charge in [-0.3, -0.25) is 15.6 Å². The Labute approximate surface area is 168 Å². The molecule has 0 saturated heterocycles. The van der Waals surface area contributed by atoms with E-state index in [-0.39, 0.29) is 5.91 Å². The molecule has 0 atom stereocenters. The van der Waals surface area contributed by atoms with Crippen LogP contribution in [0.5, 0.6) is 0 Å². The molecule has 3 N–H and O–H groups in total. The summed E-state index contributed by atoms with van der Waals surface area (Å²) in [5, 5.41) is 4.06. The molecule has 0 aromatic heterocycles. The van der Waals surface area contributed by atoms with Crippen LogP contribution in [0.3, 0.4) is 0 Å². The second-order valence-electron chi connectivity index (χ2n) is 6.53. The van der Waals surface area contributed by atoms with Gasteiger partial charge in [0.2, 0.25) is 0 Å². The zero-order valence-corrected chi connectivity index (χ0v) is 17.4. The minimum absolute atomic E-state index is 0.268. The molecule has 6 heteroatoms. The van der Waals surface area contributed by atoms with Gasteiger partial charge in [-0.1, -0.05) is 82.4 Å². The number of amides is 1. The lowest BCUT2D eigenvalue weighted by molar-refractivity contribution is 0.0943. The van der Waals surface area contributed by atoms with Crippen LogP contribution in [0.2, 0.25) is 5.02 Å². The molecule has 0 aliphatic heterocycles. The van der Waals surface area contributed by atoms with Crippen LogP contribution in [0.15, 0.2) is 24.3 Å². The van der Waals surface area contributed by atoms with Gasteiger partial charge in [0.15, 0.2) is 5.11 Å². The fraction of sp³-hybridized carbons (Fsp3) is 0.600. The molecule has 1 amide bonds. The van der Waals surface area contributed by atoms with Crippen LogP contribution in [0.4, 0.5) is 0 Å². The molecule has 0 saturated carbocycles. The van der Waals surface area contributed by atoms with E-state index >= 15 is 0 Å². The zero-order chi connectivity index (χ0) is 19.0. The van der Waals surface area contributed by atoms with Crippen molar-refractivity contribution < 1.29 is 4.79 Å². The van der Waals surface area contributed by atoms with E-state index < -0.39 is 0 Å². The van der Waals surface area contributed by atoms with Crippen LogP contribution in [0, 0.1) is 0 Å². The molecule has 26 heavy (non-hydrogen) atoms. The van der Waals surface area contributed by atoms with E-state index in [1.165, 1.54) is 57.8 Å². The Morgan fingerprint density at radius 1 is 0.962 bits per heavy atom. The predicted molar refractivity (Wildman–Crippen MR) is 114 cm³/mol. The molecule has 1 rings (SSSR count). The van der Waals surface area contributed by atoms with E-state index in [2.05, 4.69) is 23.1 Å². The summed E-state index contributed by atoms with van der Waals surface area (Å²) in [6.45, 7) is 3.07. The van der Waals surface area contributed by atoms with Gasteiger partial charge in [0.1, 0.15) is 0 Å². The highest BCUT2D eigenvalue weighted by atomic mass is 35.5. The number of benzene rings is 1. The first kappa shape index (κ1) is 22.7. The van der Waals surface area contributed by atoms with Crippen molar-refractivity contribution in [2.75, 3.05) is 6.54 Å². The molecule has 0 heterocycles. The average molecular weight is 398 g/mol. The number of carbonyl (C=O) groups excluding carboxylic acids is 1. The zero-order valence-electron chi connectivity index (χ0n) is 15.8. The second kappa shape index (κ2) is 14.8. The highest BCUT2D eigenvalue weighted by molar-refractivity contribution is 7.80. The number of carbonyl (C=O) groups is 1. The first-order chi connectivity index (χ1) is 12.6. The fourth-order valence-electron chi connectivity index (χ4n) is 2.67. The normalized spacial score (nSPS) is 10.4. The van der Waals surface area contributed by atoms with E-state index in [0.717, 1.165) is 13.0 Å². The molecule has 146 valence electrons. The van der Waals surface area contributed by atoms with Crippen molar-refractivity contribution in [3.8, 4) is 0 Å². The van der Waals surface area contributed by atoms with E-state index in [4.69, 9.17) is 23.8 Å². The van der Waals surface area contributed by atoms with E-state index in [1.54, 1.807) is 24.3 Å². The Hall–Kier alpha value is -1.33. The molecule has 0 aliphatic rings. The molecule has 4 nitrogen and oxygen atoms in total. The van der Waals surface area contributed by atoms with Gasteiger partial charge in [0.25, 0.3) is 5.91 Å². The van der Waals surface area contributed by atoms with Crippen LogP contribution in [0.25, 0.3) is 0 Å². The lowest BCUT2D eigenvalue weighted by atomic mass is 10.1. The van der Waals surface area contributed by atoms with Crippen molar-refractivity contribution in [1.82, 2.24) is 16.2 Å². The van der Waals surface area contributed by atoms with Crippen molar-refractivity contribution in [3.63, 3.8) is 0 Å². The Balaban J connectivity index is 1.96. The van der Waals surface area contributed by atoms with Crippen LogP contribution in [-0.4, -0.2) is 17.6 Å². The third-order valence-electron chi connectivity index (χ3n) is 4.19. The quantitative estimate of drug-likeness (QED) is 0.252. The third kappa shape index (κ3) is 11.3. The number of hydrogen-bond acceptors (Lipinski definition) is 2. The van der Waals surface area contributed by atoms with Gasteiger partial charge < -0.3 is 5.32 Å². The Bertz CT molecular complexity index is 540. The monoisotopic (exact) mass is 397 g/mol. The van der Waals surface area contributed by atoms with Crippen molar-refractivity contribution >= 4 is 34.8 Å². The third-order valence-corrected chi connectivity index (χ3v) is 4.67. The molecule has 0 fully saturated rings. The standard InChI is InChI=1S/C20H32ClN3OS/c1-2-3-4-5-6-7-8-9-10-11-15-22-20(26)24-23-19(25)17-13-12-14-18(21)16-17/h12-14,16H,2-11,15H2,1H3,(H,23,25)(H2,22,24,26). The number of thiocarbonyl (C=S) groups is 1. The second-order valence-corrected chi connectivity index (χ2v) is 7.37. The Kier molecular flexibility index (Phi) is 12.9. The first-order valence-corrected chi connectivity index (χ1v) is 10.5. The van der Waals surface area contributed by atoms with Crippen molar-refractivity contribution in [2.45, 2.75) is 71.1 Å². The Morgan fingerprint density at radius 3 is 2.19 bits per heavy atom. The van der Waals surface area contributed by atoms with Gasteiger partial charge in [0.05, 0.1) is 0 Å². The largest absolute Gasteiger partial charge is 0.361 e. The molecule has 0 radical (unpaired) electrons. The summed E-state index contributed by atoms with van der Waals surface area (Å²) >= 11 is 11.0. The topological polar surface area (TPSA) is 53.2 Å². The maximum atomic E-state index is 11.9. The number of halogens is 1. The van der Waals surface area contributed by atoms with Crippen molar-refractivity contribution in [3.05, 3.63) is 34.9 Å². The molecular formula is C20H32ClN3OS. The molecular weight excluding hydrogens is 366 g/mol. The molecule has 0 spiro atoms. The van der Waals surface area contributed by atoms with Crippen LogP contribution < -0.4 is 16.2 Å². The number of hydrogen-bond donors (Lipinski definition) is 3. The summed E-state index contributed by atoms with van der Waals surface area (Å²) in [7, 11) is 0. The van der Waals surface area contributed by atoms with Gasteiger partial charge in [-0.2, -0.15) is 0 Å². The maximum absolute atomic E-state index is 11.9. The smallest absolute Gasteiger partial charge is 0.269 e. The van der Waals surface area contributed by atoms with Crippen LogP contribution >= 0.6 is 23.8 Å². The summed E-state index contributed by atoms with van der Waals surface area (Å²) in [6, 6.07) is 6.77. The summed E-state index contributed by atoms with van der Waals surface area (Å²) in [4.78, 5) is 11.9. The molecule has 1 aromatic rings. The maximum Gasteiger partial charge on any atom is 0.269 e. The fourth-order valence-corrected chi connectivity index (χ4v) is 3.02. The number of unbranched alkanes of at least 4 members (excludes halogenated alkanes) is 9. The molecule has 0 aliphatic carbocycles. The SMILES string of the molecule is CCCCCCCCCCCCNC(=S)NNC(=O)c1cccc(Cl)c1. The van der Waals surface area contributed by atoms with Crippen LogP contribution in [0.1, 0.15) is 81.5 Å². The lowest BCUT2D eigenvalue weighted by Gasteiger charge is -2.11. The molecule has 1 aromatic carbocycles. The number of nitrogens with one attached hydrogen (secondary N) is 3. The molecule has 0 unspecified atom stereocenters. The van der Waals surface area contributed by atoms with Crippen LogP contribution in [-0.2, 0) is 0 Å². The van der Waals surface area contributed by atoms with Gasteiger partial charge in [0, 0.05) is 17.1 Å². The average Bonchev–Trinajstić information content (AvgIpc) is 2.64. The Morgan fingerprint density at radius 2 is 1.58 bits per heavy atom. The minimum Gasteiger partial charge on any atom is -0.361 e. The van der Waals surface area contributed by atoms with Gasteiger partial charge in [-0.05, 0) is 36.8 Å². The highest BCUT2D eigenvalue weighted by Gasteiger charge is 2.05. The number of hydrazine groups is 1. The van der Waals surface area contributed by atoms with Gasteiger partial charge >= 0.3 is 0 Å². The highest BCUT2D eigenvalue weighted by Crippen LogP contribution is 2.11. The van der Waals surface area contributed by atoms with Crippen molar-refractivity contribution in [2.24, 2.45) is 0 Å². The minimum atomic E-state index is -0.268. The van der Waals surface area contributed by atoms with Gasteiger partial charge in [-0.25, -0.2) is 0 Å². The van der Waals surface area contributed by atoms with E-state index in [1.807, 2.05) is 0 Å². The van der Waals surface area contributed by atoms with E-state index in [9.17, 15) is 4.79 Å².